The summed E-state index contributed by atoms with van der Waals surface area (Å²) in [5.41, 5.74) is -0.843. The topological polar surface area (TPSA) is 72.8 Å². The van der Waals surface area contributed by atoms with Crippen LogP contribution in [0.1, 0.15) is 33.6 Å². The maximum Gasteiger partial charge on any atom is 0.316 e. The minimum Gasteiger partial charge on any atom is -0.463 e. The van der Waals surface area contributed by atoms with Gasteiger partial charge in [0.2, 0.25) is 0 Å². The number of carbonyl (C=O) groups excluding carboxylic acids is 2. The fourth-order valence-corrected chi connectivity index (χ4v) is 2.83. The molecule has 0 radical (unpaired) electrons. The average molecular weight is 358 g/mol. The van der Waals surface area contributed by atoms with Crippen molar-refractivity contribution >= 4 is 22.7 Å². The highest BCUT2D eigenvalue weighted by Gasteiger charge is 2.35. The smallest absolute Gasteiger partial charge is 0.316 e. The van der Waals surface area contributed by atoms with E-state index in [1.165, 1.54) is 0 Å². The number of ether oxygens (including phenoxy) is 2. The molecule has 2 aromatic rings. The third kappa shape index (κ3) is 5.05. The highest BCUT2D eigenvalue weighted by atomic mass is 16.5. The molecule has 1 unspecified atom stereocenters. The summed E-state index contributed by atoms with van der Waals surface area (Å²) in [7, 11) is 0. The first-order chi connectivity index (χ1) is 12.4. The fraction of sp³-hybridized carbons (Fsp3) is 0.429. The van der Waals surface area contributed by atoms with Crippen LogP contribution in [0, 0.1) is 11.3 Å². The number of benzene rings is 2. The molecule has 0 aliphatic heterocycles. The summed E-state index contributed by atoms with van der Waals surface area (Å²) in [5, 5.41) is 10.8. The van der Waals surface area contributed by atoms with E-state index in [2.05, 4.69) is 0 Å². The third-order valence-electron chi connectivity index (χ3n) is 4.40. The molecule has 0 saturated heterocycles. The monoisotopic (exact) mass is 358 g/mol. The van der Waals surface area contributed by atoms with Crippen LogP contribution in [0.15, 0.2) is 42.5 Å². The van der Waals surface area contributed by atoms with E-state index in [9.17, 15) is 9.59 Å². The number of esters is 2. The molecule has 0 aromatic heterocycles. The Balaban J connectivity index is 2.06. The molecule has 0 amide bonds. The van der Waals surface area contributed by atoms with Gasteiger partial charge in [0.1, 0.15) is 12.4 Å². The normalized spacial score (nSPS) is 12.6. The van der Waals surface area contributed by atoms with Crippen molar-refractivity contribution in [2.75, 3.05) is 13.2 Å². The number of carbonyl (C=O) groups is 2. The summed E-state index contributed by atoms with van der Waals surface area (Å²) in [6.07, 6.45) is 0.872. The van der Waals surface area contributed by atoms with Gasteiger partial charge in [0.25, 0.3) is 0 Å². The molecule has 2 rings (SSSR count). The number of aliphatic hydroxyl groups is 1. The number of hydrogen-bond donors (Lipinski definition) is 1. The summed E-state index contributed by atoms with van der Waals surface area (Å²) >= 11 is 0. The van der Waals surface area contributed by atoms with Crippen LogP contribution in [0.5, 0.6) is 5.75 Å². The molecule has 0 heterocycles. The van der Waals surface area contributed by atoms with Gasteiger partial charge in [-0.3, -0.25) is 9.59 Å². The molecule has 2 aromatic carbocycles. The zero-order valence-corrected chi connectivity index (χ0v) is 15.5. The van der Waals surface area contributed by atoms with Gasteiger partial charge in [-0.25, -0.2) is 0 Å². The zero-order chi connectivity index (χ0) is 19.2. The summed E-state index contributed by atoms with van der Waals surface area (Å²) in [4.78, 5) is 24.7. The lowest BCUT2D eigenvalue weighted by Crippen LogP contribution is -2.34. The number of rotatable bonds is 8. The van der Waals surface area contributed by atoms with Crippen LogP contribution >= 0.6 is 0 Å². The van der Waals surface area contributed by atoms with Gasteiger partial charge in [-0.05, 0) is 49.6 Å². The Hall–Kier alpha value is -2.40. The Morgan fingerprint density at radius 2 is 1.81 bits per heavy atom. The molecular weight excluding hydrogens is 332 g/mol. The maximum absolute atomic E-state index is 12.6. The van der Waals surface area contributed by atoms with E-state index in [0.717, 1.165) is 10.8 Å². The summed E-state index contributed by atoms with van der Waals surface area (Å²) in [5.74, 6) is -0.715. The second-order valence-corrected chi connectivity index (χ2v) is 6.98. The second kappa shape index (κ2) is 8.81. The molecule has 26 heavy (non-hydrogen) atoms. The molecule has 140 valence electrons. The van der Waals surface area contributed by atoms with Crippen molar-refractivity contribution in [1.29, 1.82) is 0 Å². The van der Waals surface area contributed by atoms with Crippen LogP contribution < -0.4 is 4.74 Å². The Labute approximate surface area is 153 Å². The summed E-state index contributed by atoms with van der Waals surface area (Å²) in [6, 6.07) is 13.3. The molecule has 0 spiro atoms. The van der Waals surface area contributed by atoms with Crippen molar-refractivity contribution in [2.24, 2.45) is 11.3 Å². The third-order valence-corrected chi connectivity index (χ3v) is 4.40. The number of hydrogen-bond acceptors (Lipinski definition) is 5. The highest BCUT2D eigenvalue weighted by Crippen LogP contribution is 2.31. The van der Waals surface area contributed by atoms with Gasteiger partial charge >= 0.3 is 11.9 Å². The molecular formula is C21H26O5. The van der Waals surface area contributed by atoms with Crippen molar-refractivity contribution in [3.63, 3.8) is 0 Å². The van der Waals surface area contributed by atoms with Crippen molar-refractivity contribution in [2.45, 2.75) is 33.6 Å². The predicted octanol–water partition coefficient (Wildman–Crippen LogP) is 3.72. The molecule has 5 heteroatoms. The molecule has 0 bridgehead atoms. The van der Waals surface area contributed by atoms with E-state index < -0.39 is 17.3 Å². The van der Waals surface area contributed by atoms with Crippen LogP contribution in [0.2, 0.25) is 0 Å². The van der Waals surface area contributed by atoms with Gasteiger partial charge in [0, 0.05) is 0 Å². The molecule has 0 aliphatic carbocycles. The molecule has 5 nitrogen and oxygen atoms in total. The van der Waals surface area contributed by atoms with Gasteiger partial charge in [0.15, 0.2) is 0 Å². The minimum absolute atomic E-state index is 0.0305. The van der Waals surface area contributed by atoms with Crippen molar-refractivity contribution in [1.82, 2.24) is 0 Å². The van der Waals surface area contributed by atoms with Crippen molar-refractivity contribution < 1.29 is 24.2 Å². The fourth-order valence-electron chi connectivity index (χ4n) is 2.83. The summed E-state index contributed by atoms with van der Waals surface area (Å²) < 4.78 is 10.6. The molecule has 0 aliphatic rings. The van der Waals surface area contributed by atoms with Crippen molar-refractivity contribution in [3.05, 3.63) is 42.5 Å². The largest absolute Gasteiger partial charge is 0.463 e. The quantitative estimate of drug-likeness (QED) is 0.575. The lowest BCUT2D eigenvalue weighted by atomic mass is 9.81. The van der Waals surface area contributed by atoms with Crippen LogP contribution in [-0.2, 0) is 14.3 Å². The highest BCUT2D eigenvalue weighted by molar-refractivity contribution is 5.85. The Morgan fingerprint density at radius 3 is 2.46 bits per heavy atom. The SMILES string of the molecule is CCC(CC(C)(C)C(=O)Oc1ccc2ccccc2c1)C(=O)OCCO. The lowest BCUT2D eigenvalue weighted by molar-refractivity contribution is -0.153. The van der Waals surface area contributed by atoms with E-state index in [-0.39, 0.29) is 19.2 Å². The molecule has 0 fully saturated rings. The number of aliphatic hydroxyl groups excluding tert-OH is 1. The standard InChI is InChI=1S/C21H26O5/c1-4-15(19(23)25-12-11-22)14-21(2,3)20(24)26-18-10-9-16-7-5-6-8-17(16)13-18/h5-10,13,15,22H,4,11-12,14H2,1-3H3. The second-order valence-electron chi connectivity index (χ2n) is 6.98. The average Bonchev–Trinajstić information content (AvgIpc) is 2.64. The zero-order valence-electron chi connectivity index (χ0n) is 15.5. The Bertz CT molecular complexity index is 766. The van der Waals surface area contributed by atoms with Crippen LogP contribution in [0.3, 0.4) is 0 Å². The molecule has 1 atom stereocenters. The first-order valence-corrected chi connectivity index (χ1v) is 8.86. The first-order valence-electron chi connectivity index (χ1n) is 8.86. The van der Waals surface area contributed by atoms with E-state index >= 15 is 0 Å². The summed E-state index contributed by atoms with van der Waals surface area (Å²) in [6.45, 7) is 5.15. The molecule has 1 N–H and O–H groups in total. The van der Waals surface area contributed by atoms with Crippen LogP contribution in [-0.4, -0.2) is 30.3 Å². The predicted molar refractivity (Wildman–Crippen MR) is 99.8 cm³/mol. The first kappa shape index (κ1) is 19.9. The molecule has 0 saturated carbocycles. The Morgan fingerprint density at radius 1 is 1.12 bits per heavy atom. The van der Waals surface area contributed by atoms with Gasteiger partial charge in [-0.1, -0.05) is 37.3 Å². The van der Waals surface area contributed by atoms with Gasteiger partial charge in [-0.15, -0.1) is 0 Å². The number of fused-ring (bicyclic) bond motifs is 1. The van der Waals surface area contributed by atoms with Crippen molar-refractivity contribution in [3.8, 4) is 5.75 Å². The van der Waals surface area contributed by atoms with Crippen LogP contribution in [0.25, 0.3) is 10.8 Å². The van der Waals surface area contributed by atoms with E-state index in [0.29, 0.717) is 18.6 Å². The van der Waals surface area contributed by atoms with Crippen LogP contribution in [0.4, 0.5) is 0 Å². The Kier molecular flexibility index (Phi) is 6.75. The van der Waals surface area contributed by atoms with Gasteiger partial charge in [0.05, 0.1) is 17.9 Å². The maximum atomic E-state index is 12.6. The minimum atomic E-state index is -0.843. The van der Waals surface area contributed by atoms with Gasteiger partial charge in [-0.2, -0.15) is 0 Å². The van der Waals surface area contributed by atoms with E-state index in [4.69, 9.17) is 14.6 Å². The van der Waals surface area contributed by atoms with Gasteiger partial charge < -0.3 is 14.6 Å². The lowest BCUT2D eigenvalue weighted by Gasteiger charge is -2.26. The van der Waals surface area contributed by atoms with E-state index in [1.807, 2.05) is 43.3 Å². The van der Waals surface area contributed by atoms with E-state index in [1.54, 1.807) is 19.9 Å².